The van der Waals surface area contributed by atoms with Crippen LogP contribution in [0.1, 0.15) is 52.4 Å². The first-order chi connectivity index (χ1) is 6.68. The zero-order chi connectivity index (χ0) is 10.1. The van der Waals surface area contributed by atoms with Gasteiger partial charge in [0.1, 0.15) is 0 Å². The molecule has 1 aliphatic heterocycles. The normalized spacial score (nSPS) is 35.6. The Kier molecular flexibility index (Phi) is 2.85. The summed E-state index contributed by atoms with van der Waals surface area (Å²) >= 11 is 0. The number of hydrogen-bond donors (Lipinski definition) is 1. The van der Waals surface area contributed by atoms with Crippen molar-refractivity contribution in [2.24, 2.45) is 0 Å². The van der Waals surface area contributed by atoms with Gasteiger partial charge in [0.05, 0.1) is 11.2 Å². The molecule has 1 saturated heterocycles. The minimum absolute atomic E-state index is 0.111. The molecule has 1 N–H and O–H groups in total. The van der Waals surface area contributed by atoms with Crippen molar-refractivity contribution in [2.45, 2.75) is 63.6 Å². The molecule has 1 atom stereocenters. The number of nitrogens with one attached hydrogen (secondary N) is 1. The van der Waals surface area contributed by atoms with E-state index in [1.165, 1.54) is 38.5 Å². The summed E-state index contributed by atoms with van der Waals surface area (Å²) in [5, 5.41) is 3.41. The Bertz CT molecular complexity index is 198. The summed E-state index contributed by atoms with van der Waals surface area (Å²) in [7, 11) is 0. The van der Waals surface area contributed by atoms with Crippen molar-refractivity contribution in [1.82, 2.24) is 5.32 Å². The highest BCUT2D eigenvalue weighted by atomic mass is 16.5. The van der Waals surface area contributed by atoms with Crippen LogP contribution in [-0.2, 0) is 4.74 Å². The molecule has 82 valence electrons. The zero-order valence-electron chi connectivity index (χ0n) is 9.57. The zero-order valence-corrected chi connectivity index (χ0v) is 9.57. The molecule has 1 unspecified atom stereocenters. The number of hydrogen-bond acceptors (Lipinski definition) is 2. The molecular weight excluding hydrogens is 174 g/mol. The first-order valence-electron chi connectivity index (χ1n) is 6.09. The third-order valence-corrected chi connectivity index (χ3v) is 3.84. The maximum atomic E-state index is 6.34. The Hall–Kier alpha value is -0.0800. The van der Waals surface area contributed by atoms with Crippen molar-refractivity contribution < 1.29 is 4.74 Å². The monoisotopic (exact) mass is 197 g/mol. The minimum atomic E-state index is 0.111. The molecule has 2 aliphatic rings. The predicted octanol–water partition coefficient (Wildman–Crippen LogP) is 2.48. The molecule has 1 heterocycles. The molecule has 2 rings (SSSR count). The van der Waals surface area contributed by atoms with Crippen LogP contribution in [0, 0.1) is 0 Å². The van der Waals surface area contributed by atoms with Gasteiger partial charge in [-0.25, -0.2) is 0 Å². The van der Waals surface area contributed by atoms with Crippen molar-refractivity contribution in [3.8, 4) is 0 Å². The largest absolute Gasteiger partial charge is 0.368 e. The molecule has 2 nitrogen and oxygen atoms in total. The lowest BCUT2D eigenvalue weighted by Crippen LogP contribution is -2.40. The summed E-state index contributed by atoms with van der Waals surface area (Å²) < 4.78 is 6.34. The Morgan fingerprint density at radius 1 is 1.14 bits per heavy atom. The first-order valence-corrected chi connectivity index (χ1v) is 6.09. The lowest BCUT2D eigenvalue weighted by molar-refractivity contribution is -0.0892. The molecule has 1 aliphatic carbocycles. The van der Waals surface area contributed by atoms with Gasteiger partial charge < -0.3 is 10.1 Å². The van der Waals surface area contributed by atoms with E-state index in [1.54, 1.807) is 0 Å². The Morgan fingerprint density at radius 3 is 2.50 bits per heavy atom. The van der Waals surface area contributed by atoms with E-state index in [4.69, 9.17) is 4.74 Å². The number of ether oxygens (including phenoxy) is 1. The van der Waals surface area contributed by atoms with Gasteiger partial charge in [0.2, 0.25) is 0 Å². The molecule has 0 radical (unpaired) electrons. The van der Waals surface area contributed by atoms with Crippen LogP contribution in [0.4, 0.5) is 0 Å². The SMILES string of the molecule is CCNCC1(C)CCC2(CCCC2)O1. The standard InChI is InChI=1S/C12H23NO/c1-3-13-10-11(2)8-9-12(14-11)6-4-5-7-12/h13H,3-10H2,1-2H3. The van der Waals surface area contributed by atoms with Gasteiger partial charge in [-0.2, -0.15) is 0 Å². The molecule has 0 aromatic carbocycles. The van der Waals surface area contributed by atoms with Gasteiger partial charge in [0.25, 0.3) is 0 Å². The van der Waals surface area contributed by atoms with Gasteiger partial charge in [-0.05, 0) is 39.2 Å². The molecular formula is C12H23NO. The lowest BCUT2D eigenvalue weighted by Gasteiger charge is -2.30. The van der Waals surface area contributed by atoms with Gasteiger partial charge in [0, 0.05) is 6.54 Å². The van der Waals surface area contributed by atoms with Crippen LogP contribution in [0.5, 0.6) is 0 Å². The van der Waals surface area contributed by atoms with Crippen molar-refractivity contribution >= 4 is 0 Å². The highest BCUT2D eigenvalue weighted by Crippen LogP contribution is 2.47. The number of likely N-dealkylation sites (N-methyl/N-ethyl adjacent to an activating group) is 1. The maximum absolute atomic E-state index is 6.34. The third-order valence-electron chi connectivity index (χ3n) is 3.84. The Labute approximate surface area is 87.4 Å². The Balaban J connectivity index is 1.92. The van der Waals surface area contributed by atoms with E-state index in [-0.39, 0.29) is 11.2 Å². The van der Waals surface area contributed by atoms with Gasteiger partial charge in [-0.15, -0.1) is 0 Å². The Morgan fingerprint density at radius 2 is 1.86 bits per heavy atom. The van der Waals surface area contributed by atoms with Crippen molar-refractivity contribution in [1.29, 1.82) is 0 Å². The molecule has 0 amide bonds. The van der Waals surface area contributed by atoms with Gasteiger partial charge >= 0.3 is 0 Å². The average molecular weight is 197 g/mol. The second kappa shape index (κ2) is 3.82. The molecule has 2 fully saturated rings. The van der Waals surface area contributed by atoms with E-state index in [1.807, 2.05) is 0 Å². The van der Waals surface area contributed by atoms with E-state index in [9.17, 15) is 0 Å². The lowest BCUT2D eigenvalue weighted by atomic mass is 9.95. The van der Waals surface area contributed by atoms with E-state index in [0.29, 0.717) is 0 Å². The van der Waals surface area contributed by atoms with Crippen molar-refractivity contribution in [3.63, 3.8) is 0 Å². The van der Waals surface area contributed by atoms with Crippen LogP contribution in [-0.4, -0.2) is 24.3 Å². The second-order valence-electron chi connectivity index (χ2n) is 5.22. The molecule has 14 heavy (non-hydrogen) atoms. The van der Waals surface area contributed by atoms with Crippen LogP contribution in [0.25, 0.3) is 0 Å². The van der Waals surface area contributed by atoms with Gasteiger partial charge in [-0.1, -0.05) is 19.8 Å². The van der Waals surface area contributed by atoms with Crippen molar-refractivity contribution in [2.75, 3.05) is 13.1 Å². The van der Waals surface area contributed by atoms with Gasteiger partial charge in [-0.3, -0.25) is 0 Å². The van der Waals surface area contributed by atoms with Crippen LogP contribution in [0.2, 0.25) is 0 Å². The fourth-order valence-corrected chi connectivity index (χ4v) is 3.00. The first kappa shape index (κ1) is 10.4. The average Bonchev–Trinajstić information content (AvgIpc) is 2.74. The summed E-state index contributed by atoms with van der Waals surface area (Å²) in [5.74, 6) is 0. The molecule has 1 saturated carbocycles. The van der Waals surface area contributed by atoms with E-state index in [2.05, 4.69) is 19.2 Å². The highest BCUT2D eigenvalue weighted by Gasteiger charge is 2.47. The van der Waals surface area contributed by atoms with Gasteiger partial charge in [0.15, 0.2) is 0 Å². The van der Waals surface area contributed by atoms with E-state index >= 15 is 0 Å². The van der Waals surface area contributed by atoms with E-state index in [0.717, 1.165) is 13.1 Å². The molecule has 2 heteroatoms. The summed E-state index contributed by atoms with van der Waals surface area (Å²) in [4.78, 5) is 0. The topological polar surface area (TPSA) is 21.3 Å². The summed E-state index contributed by atoms with van der Waals surface area (Å²) in [6.45, 7) is 6.49. The van der Waals surface area contributed by atoms with Crippen LogP contribution in [0.3, 0.4) is 0 Å². The molecule has 1 spiro atoms. The third kappa shape index (κ3) is 1.96. The smallest absolute Gasteiger partial charge is 0.0786 e. The van der Waals surface area contributed by atoms with Crippen molar-refractivity contribution in [3.05, 3.63) is 0 Å². The molecule has 0 bridgehead atoms. The molecule has 0 aromatic heterocycles. The van der Waals surface area contributed by atoms with Crippen LogP contribution >= 0.6 is 0 Å². The molecule has 0 aromatic rings. The number of rotatable bonds is 3. The quantitative estimate of drug-likeness (QED) is 0.750. The van der Waals surface area contributed by atoms with Crippen LogP contribution < -0.4 is 5.32 Å². The van der Waals surface area contributed by atoms with E-state index < -0.39 is 0 Å². The highest BCUT2D eigenvalue weighted by molar-refractivity contribution is 4.98. The van der Waals surface area contributed by atoms with Crippen LogP contribution in [0.15, 0.2) is 0 Å². The second-order valence-corrected chi connectivity index (χ2v) is 5.22. The minimum Gasteiger partial charge on any atom is -0.368 e. The predicted molar refractivity (Wildman–Crippen MR) is 58.5 cm³/mol. The maximum Gasteiger partial charge on any atom is 0.0786 e. The summed E-state index contributed by atoms with van der Waals surface area (Å²) in [6, 6.07) is 0. The summed E-state index contributed by atoms with van der Waals surface area (Å²) in [5.41, 5.74) is 0.393. The fourth-order valence-electron chi connectivity index (χ4n) is 3.00. The summed E-state index contributed by atoms with van der Waals surface area (Å²) in [6.07, 6.45) is 7.87. The fraction of sp³-hybridized carbons (Fsp3) is 1.00.